The molecule has 6 nitrogen and oxygen atoms in total. The largest absolute Gasteiger partial charge is 0.492 e. The molecule has 1 aliphatic rings. The maximum Gasteiger partial charge on any atom is 0.319 e. The first-order chi connectivity index (χ1) is 12.8. The molecule has 1 aliphatic heterocycles. The topological polar surface area (TPSA) is 62.8 Å². The molecular weight excluding hydrogens is 350 g/mol. The summed E-state index contributed by atoms with van der Waals surface area (Å²) in [5, 5.41) is 10.1. The fourth-order valence-corrected chi connectivity index (χ4v) is 3.73. The van der Waals surface area contributed by atoms with Gasteiger partial charge in [0.15, 0.2) is 0 Å². The zero-order chi connectivity index (χ0) is 18.2. The van der Waals surface area contributed by atoms with Crippen LogP contribution in [0.2, 0.25) is 0 Å². The molecule has 26 heavy (non-hydrogen) atoms. The fourth-order valence-electron chi connectivity index (χ4n) is 3.02. The van der Waals surface area contributed by atoms with Gasteiger partial charge in [0.2, 0.25) is 0 Å². The fraction of sp³-hybridized carbons (Fsp3) is 0.421. The van der Waals surface area contributed by atoms with E-state index in [0.29, 0.717) is 24.6 Å². The van der Waals surface area contributed by atoms with Crippen LogP contribution in [-0.2, 0) is 4.74 Å². The Morgan fingerprint density at radius 2 is 2.12 bits per heavy atom. The van der Waals surface area contributed by atoms with Gasteiger partial charge in [0, 0.05) is 19.6 Å². The van der Waals surface area contributed by atoms with Crippen LogP contribution < -0.4 is 15.4 Å². The van der Waals surface area contributed by atoms with Gasteiger partial charge in [0.1, 0.15) is 5.75 Å². The number of rotatable bonds is 7. The molecule has 1 fully saturated rings. The van der Waals surface area contributed by atoms with Gasteiger partial charge in [-0.2, -0.15) is 11.3 Å². The summed E-state index contributed by atoms with van der Waals surface area (Å²) in [4.78, 5) is 14.8. The van der Waals surface area contributed by atoms with Crippen LogP contribution in [0.3, 0.4) is 0 Å². The van der Waals surface area contributed by atoms with Gasteiger partial charge in [-0.1, -0.05) is 12.1 Å². The molecule has 2 aromatic rings. The molecule has 140 valence electrons. The number of thiophene rings is 1. The number of anilines is 1. The number of morpholine rings is 1. The number of benzene rings is 1. The van der Waals surface area contributed by atoms with Crippen molar-refractivity contribution in [3.05, 3.63) is 46.7 Å². The molecule has 0 saturated carbocycles. The van der Waals surface area contributed by atoms with Crippen molar-refractivity contribution in [3.63, 3.8) is 0 Å². The van der Waals surface area contributed by atoms with Crippen LogP contribution in [0.1, 0.15) is 18.5 Å². The summed E-state index contributed by atoms with van der Waals surface area (Å²) in [6, 6.07) is 9.49. The van der Waals surface area contributed by atoms with Gasteiger partial charge in [-0.3, -0.25) is 4.90 Å². The predicted octanol–water partition coefficient (Wildman–Crippen LogP) is 3.34. The zero-order valence-electron chi connectivity index (χ0n) is 14.9. The second kappa shape index (κ2) is 9.56. The van der Waals surface area contributed by atoms with Crippen molar-refractivity contribution in [3.8, 4) is 5.75 Å². The molecule has 2 amide bonds. The first-order valence-electron chi connectivity index (χ1n) is 8.88. The first kappa shape index (κ1) is 18.7. The van der Waals surface area contributed by atoms with E-state index in [1.165, 1.54) is 5.56 Å². The van der Waals surface area contributed by atoms with Crippen molar-refractivity contribution < 1.29 is 14.3 Å². The SMILES string of the molecule is CCOc1ccccc1NC(=O)NC[C@@H](c1ccsc1)N1CCOCC1. The molecule has 1 aromatic carbocycles. The second-order valence-electron chi connectivity index (χ2n) is 5.99. The first-order valence-corrected chi connectivity index (χ1v) is 9.82. The highest BCUT2D eigenvalue weighted by Gasteiger charge is 2.23. The molecule has 0 bridgehead atoms. The van der Waals surface area contributed by atoms with Crippen LogP contribution in [0, 0.1) is 0 Å². The monoisotopic (exact) mass is 375 g/mol. The van der Waals surface area contributed by atoms with Crippen molar-refractivity contribution in [2.75, 3.05) is 44.8 Å². The van der Waals surface area contributed by atoms with Crippen molar-refractivity contribution in [1.82, 2.24) is 10.2 Å². The number of carbonyl (C=O) groups is 1. The minimum absolute atomic E-state index is 0.151. The second-order valence-corrected chi connectivity index (χ2v) is 6.77. The lowest BCUT2D eigenvalue weighted by molar-refractivity contribution is 0.0168. The van der Waals surface area contributed by atoms with E-state index in [9.17, 15) is 4.79 Å². The van der Waals surface area contributed by atoms with E-state index in [-0.39, 0.29) is 12.1 Å². The minimum atomic E-state index is -0.231. The number of amides is 2. The molecule has 0 radical (unpaired) electrons. The Labute approximate surface area is 158 Å². The molecule has 0 unspecified atom stereocenters. The smallest absolute Gasteiger partial charge is 0.319 e. The van der Waals surface area contributed by atoms with Crippen molar-refractivity contribution >= 4 is 23.1 Å². The minimum Gasteiger partial charge on any atom is -0.492 e. The van der Waals surface area contributed by atoms with Gasteiger partial charge in [-0.05, 0) is 41.4 Å². The summed E-state index contributed by atoms with van der Waals surface area (Å²) in [5.74, 6) is 0.674. The Kier molecular flexibility index (Phi) is 6.88. The quantitative estimate of drug-likeness (QED) is 0.779. The molecule has 0 spiro atoms. The number of carbonyl (C=O) groups excluding carboxylic acids is 1. The average molecular weight is 375 g/mol. The molecule has 1 saturated heterocycles. The molecule has 2 heterocycles. The van der Waals surface area contributed by atoms with Gasteiger partial charge < -0.3 is 20.1 Å². The van der Waals surface area contributed by atoms with Gasteiger partial charge in [0.05, 0.1) is 31.5 Å². The van der Waals surface area contributed by atoms with Crippen LogP contribution >= 0.6 is 11.3 Å². The van der Waals surface area contributed by atoms with Crippen LogP contribution in [0.25, 0.3) is 0 Å². The molecule has 1 atom stereocenters. The zero-order valence-corrected chi connectivity index (χ0v) is 15.8. The van der Waals surface area contributed by atoms with Crippen molar-refractivity contribution in [1.29, 1.82) is 0 Å². The number of urea groups is 1. The molecule has 7 heteroatoms. The van der Waals surface area contributed by atoms with Crippen LogP contribution in [-0.4, -0.2) is 50.4 Å². The highest BCUT2D eigenvalue weighted by Crippen LogP contribution is 2.25. The number of nitrogens with one attached hydrogen (secondary N) is 2. The van der Waals surface area contributed by atoms with E-state index in [4.69, 9.17) is 9.47 Å². The third kappa shape index (κ3) is 4.97. The lowest BCUT2D eigenvalue weighted by Crippen LogP contribution is -2.44. The lowest BCUT2D eigenvalue weighted by atomic mass is 10.1. The molecule has 0 aliphatic carbocycles. The number of para-hydroxylation sites is 2. The van der Waals surface area contributed by atoms with E-state index in [2.05, 4.69) is 32.4 Å². The third-order valence-electron chi connectivity index (χ3n) is 4.31. The Hall–Kier alpha value is -2.09. The summed E-state index contributed by atoms with van der Waals surface area (Å²) in [6.07, 6.45) is 0. The van der Waals surface area contributed by atoms with Crippen molar-refractivity contribution in [2.24, 2.45) is 0 Å². The normalized spacial score (nSPS) is 16.0. The lowest BCUT2D eigenvalue weighted by Gasteiger charge is -2.34. The molecule has 2 N–H and O–H groups in total. The van der Waals surface area contributed by atoms with E-state index in [0.717, 1.165) is 26.3 Å². The third-order valence-corrected chi connectivity index (χ3v) is 5.01. The Bertz CT molecular complexity index is 687. The molecule has 3 rings (SSSR count). The van der Waals surface area contributed by atoms with E-state index >= 15 is 0 Å². The van der Waals surface area contributed by atoms with Crippen LogP contribution in [0.5, 0.6) is 5.75 Å². The maximum absolute atomic E-state index is 12.4. The predicted molar refractivity (Wildman–Crippen MR) is 104 cm³/mol. The maximum atomic E-state index is 12.4. The summed E-state index contributed by atoms with van der Waals surface area (Å²) in [5.41, 5.74) is 1.90. The molecular formula is C19H25N3O3S. The van der Waals surface area contributed by atoms with Gasteiger partial charge >= 0.3 is 6.03 Å². The van der Waals surface area contributed by atoms with Crippen molar-refractivity contribution in [2.45, 2.75) is 13.0 Å². The summed E-state index contributed by atoms with van der Waals surface area (Å²) in [6.45, 7) is 6.22. The highest BCUT2D eigenvalue weighted by molar-refractivity contribution is 7.07. The van der Waals surface area contributed by atoms with Gasteiger partial charge in [-0.15, -0.1) is 0 Å². The van der Waals surface area contributed by atoms with E-state index < -0.39 is 0 Å². The Morgan fingerprint density at radius 1 is 1.31 bits per heavy atom. The summed E-state index contributed by atoms with van der Waals surface area (Å²) < 4.78 is 11.0. The van der Waals surface area contributed by atoms with E-state index in [1.54, 1.807) is 11.3 Å². The summed E-state index contributed by atoms with van der Waals surface area (Å²) in [7, 11) is 0. The Balaban J connectivity index is 1.61. The van der Waals surface area contributed by atoms with Crippen LogP contribution in [0.4, 0.5) is 10.5 Å². The number of hydrogen-bond acceptors (Lipinski definition) is 5. The average Bonchev–Trinajstić information content (AvgIpc) is 3.19. The standard InChI is InChI=1S/C19H25N3O3S/c1-2-25-18-6-4-3-5-16(18)21-19(23)20-13-17(15-7-12-26-14-15)22-8-10-24-11-9-22/h3-7,12,14,17H,2,8-11,13H2,1H3,(H2,20,21,23)/t17-/m0/s1. The van der Waals surface area contributed by atoms with Gasteiger partial charge in [-0.25, -0.2) is 4.79 Å². The Morgan fingerprint density at radius 3 is 2.85 bits per heavy atom. The van der Waals surface area contributed by atoms with Gasteiger partial charge in [0.25, 0.3) is 0 Å². The highest BCUT2D eigenvalue weighted by atomic mass is 32.1. The van der Waals surface area contributed by atoms with E-state index in [1.807, 2.05) is 31.2 Å². The summed E-state index contributed by atoms with van der Waals surface area (Å²) >= 11 is 1.67. The number of nitrogens with zero attached hydrogens (tertiary/aromatic N) is 1. The molecule has 1 aromatic heterocycles. The number of ether oxygens (including phenoxy) is 2. The number of hydrogen-bond donors (Lipinski definition) is 2. The van der Waals surface area contributed by atoms with Crippen LogP contribution in [0.15, 0.2) is 41.1 Å².